The number of piperidine rings is 1. The van der Waals surface area contributed by atoms with Gasteiger partial charge >= 0.3 is 6.18 Å². The zero-order valence-corrected chi connectivity index (χ0v) is 18.5. The van der Waals surface area contributed by atoms with Crippen molar-refractivity contribution < 1.29 is 32.2 Å². The number of halogens is 3. The summed E-state index contributed by atoms with van der Waals surface area (Å²) in [4.78, 5) is 19.2. The van der Waals surface area contributed by atoms with Gasteiger partial charge in [-0.2, -0.15) is 13.2 Å². The number of alkyl halides is 3. The third-order valence-electron chi connectivity index (χ3n) is 6.29. The Bertz CT molecular complexity index is 1200. The van der Waals surface area contributed by atoms with Crippen LogP contribution in [0.25, 0.3) is 11.0 Å². The molecule has 7 nitrogen and oxygen atoms in total. The van der Waals surface area contributed by atoms with Crippen LogP contribution in [0.15, 0.2) is 42.5 Å². The van der Waals surface area contributed by atoms with Gasteiger partial charge in [0.2, 0.25) is 6.10 Å². The molecule has 1 unspecified atom stereocenters. The van der Waals surface area contributed by atoms with E-state index in [1.54, 1.807) is 17.0 Å². The van der Waals surface area contributed by atoms with Crippen LogP contribution >= 0.6 is 0 Å². The Morgan fingerprint density at radius 1 is 1.15 bits per heavy atom. The predicted molar refractivity (Wildman–Crippen MR) is 117 cm³/mol. The van der Waals surface area contributed by atoms with Gasteiger partial charge in [-0.05, 0) is 43.2 Å². The molecule has 0 spiro atoms. The number of carbonyl (C=O) groups excluding carboxylic acids is 1. The van der Waals surface area contributed by atoms with Gasteiger partial charge in [-0.3, -0.25) is 4.79 Å². The lowest BCUT2D eigenvalue weighted by Crippen LogP contribution is -2.49. The number of para-hydroxylation sites is 2. The number of ether oxygens (including phenoxy) is 3. The maximum atomic E-state index is 13.2. The molecule has 0 radical (unpaired) electrons. The number of hydrogen-bond donors (Lipinski definition) is 0. The Balaban J connectivity index is 1.32. The molecule has 10 heteroatoms. The molecule has 0 N–H and O–H groups in total. The number of carbonyl (C=O) groups is 1. The van der Waals surface area contributed by atoms with E-state index in [0.717, 1.165) is 12.1 Å². The smallest absolute Gasteiger partial charge is 0.416 e. The molecule has 1 aromatic heterocycles. The highest BCUT2D eigenvalue weighted by Gasteiger charge is 2.35. The van der Waals surface area contributed by atoms with Crippen molar-refractivity contribution in [1.29, 1.82) is 0 Å². The fourth-order valence-corrected chi connectivity index (χ4v) is 4.65. The van der Waals surface area contributed by atoms with E-state index in [-0.39, 0.29) is 30.7 Å². The molecule has 3 aromatic rings. The number of benzene rings is 2. The summed E-state index contributed by atoms with van der Waals surface area (Å²) in [6.45, 7) is 1.33. The molecular weight excluding hydrogens is 451 g/mol. The second-order valence-corrected chi connectivity index (χ2v) is 8.45. The molecule has 0 aliphatic carbocycles. The SMILES string of the molecule is COCc1nc2cc(C(F)(F)F)ccc2n1C1CCN(C(=O)C2COc3ccccc3O2)CC1. The quantitative estimate of drug-likeness (QED) is 0.566. The van der Waals surface area contributed by atoms with Crippen LogP contribution in [0, 0.1) is 0 Å². The average Bonchev–Trinajstić information content (AvgIpc) is 3.20. The van der Waals surface area contributed by atoms with Crippen LogP contribution in [0.5, 0.6) is 11.5 Å². The van der Waals surface area contributed by atoms with Gasteiger partial charge in [0.15, 0.2) is 11.5 Å². The number of methoxy groups -OCH3 is 1. The number of likely N-dealkylation sites (tertiary alicyclic amines) is 1. The summed E-state index contributed by atoms with van der Waals surface area (Å²) in [6.07, 6.45) is -3.86. The Labute approximate surface area is 194 Å². The van der Waals surface area contributed by atoms with Crippen LogP contribution in [-0.4, -0.2) is 53.3 Å². The zero-order valence-electron chi connectivity index (χ0n) is 18.5. The first kappa shape index (κ1) is 22.5. The van der Waals surface area contributed by atoms with E-state index in [1.165, 1.54) is 13.2 Å². The Hall–Kier alpha value is -3.27. The third-order valence-corrected chi connectivity index (χ3v) is 6.29. The van der Waals surface area contributed by atoms with Crippen LogP contribution < -0.4 is 9.47 Å². The molecular formula is C24H24F3N3O4. The summed E-state index contributed by atoms with van der Waals surface area (Å²) >= 11 is 0. The number of rotatable bonds is 4. The zero-order chi connectivity index (χ0) is 23.9. The maximum absolute atomic E-state index is 13.2. The van der Waals surface area contributed by atoms with Crippen LogP contribution in [0.1, 0.15) is 30.3 Å². The molecule has 3 heterocycles. The minimum absolute atomic E-state index is 0.0137. The predicted octanol–water partition coefficient (Wildman–Crippen LogP) is 4.21. The van der Waals surface area contributed by atoms with Gasteiger partial charge in [-0.1, -0.05) is 12.1 Å². The molecule has 5 rings (SSSR count). The van der Waals surface area contributed by atoms with Crippen molar-refractivity contribution in [2.45, 2.75) is 37.8 Å². The number of hydrogen-bond acceptors (Lipinski definition) is 5. The van der Waals surface area contributed by atoms with Crippen LogP contribution in [-0.2, 0) is 22.3 Å². The second-order valence-electron chi connectivity index (χ2n) is 8.45. The molecule has 0 bridgehead atoms. The van der Waals surface area contributed by atoms with Crippen LogP contribution in [0.4, 0.5) is 13.2 Å². The number of imidazole rings is 1. The second kappa shape index (κ2) is 8.83. The highest BCUT2D eigenvalue weighted by atomic mass is 19.4. The van der Waals surface area contributed by atoms with Gasteiger partial charge in [-0.25, -0.2) is 4.98 Å². The third kappa shape index (κ3) is 4.18. The van der Waals surface area contributed by atoms with E-state index in [1.807, 2.05) is 16.7 Å². The van der Waals surface area contributed by atoms with Gasteiger partial charge in [0.25, 0.3) is 5.91 Å². The van der Waals surface area contributed by atoms with E-state index < -0.39 is 17.8 Å². The van der Waals surface area contributed by atoms with Gasteiger partial charge < -0.3 is 23.7 Å². The maximum Gasteiger partial charge on any atom is 0.416 e. The lowest BCUT2D eigenvalue weighted by Gasteiger charge is -2.36. The summed E-state index contributed by atoms with van der Waals surface area (Å²) in [5, 5.41) is 0. The molecule has 0 saturated carbocycles. The minimum atomic E-state index is -4.43. The van der Waals surface area contributed by atoms with Gasteiger partial charge in [-0.15, -0.1) is 0 Å². The Morgan fingerprint density at radius 3 is 2.59 bits per heavy atom. The van der Waals surface area contributed by atoms with Crippen molar-refractivity contribution in [1.82, 2.24) is 14.5 Å². The van der Waals surface area contributed by atoms with Crippen molar-refractivity contribution >= 4 is 16.9 Å². The molecule has 1 saturated heterocycles. The molecule has 2 aliphatic heterocycles. The van der Waals surface area contributed by atoms with E-state index in [0.29, 0.717) is 48.8 Å². The lowest BCUT2D eigenvalue weighted by molar-refractivity contribution is -0.142. The summed E-state index contributed by atoms with van der Waals surface area (Å²) in [5.74, 6) is 1.61. The lowest BCUT2D eigenvalue weighted by atomic mass is 10.0. The molecule has 34 heavy (non-hydrogen) atoms. The van der Waals surface area contributed by atoms with Gasteiger partial charge in [0.1, 0.15) is 19.0 Å². The van der Waals surface area contributed by atoms with Crippen molar-refractivity contribution in [3.8, 4) is 11.5 Å². The van der Waals surface area contributed by atoms with E-state index >= 15 is 0 Å². The highest BCUT2D eigenvalue weighted by molar-refractivity contribution is 5.82. The van der Waals surface area contributed by atoms with Crippen molar-refractivity contribution in [2.75, 3.05) is 26.8 Å². The molecule has 1 amide bonds. The highest BCUT2D eigenvalue weighted by Crippen LogP contribution is 2.35. The van der Waals surface area contributed by atoms with Crippen molar-refractivity contribution in [3.63, 3.8) is 0 Å². The van der Waals surface area contributed by atoms with Gasteiger partial charge in [0, 0.05) is 26.2 Å². The molecule has 1 fully saturated rings. The Kier molecular flexibility index (Phi) is 5.85. The minimum Gasteiger partial charge on any atom is -0.485 e. The van der Waals surface area contributed by atoms with Gasteiger partial charge in [0.05, 0.1) is 16.6 Å². The monoisotopic (exact) mass is 475 g/mol. The van der Waals surface area contributed by atoms with Crippen LogP contribution in [0.3, 0.4) is 0 Å². The fraction of sp³-hybridized carbons (Fsp3) is 0.417. The first-order valence-corrected chi connectivity index (χ1v) is 11.1. The van der Waals surface area contributed by atoms with Crippen LogP contribution in [0.2, 0.25) is 0 Å². The molecule has 2 aromatic carbocycles. The number of amides is 1. The normalized spacial score (nSPS) is 18.9. The summed E-state index contributed by atoms with van der Waals surface area (Å²) in [6, 6.07) is 10.8. The first-order valence-electron chi connectivity index (χ1n) is 11.1. The van der Waals surface area contributed by atoms with Crippen molar-refractivity contribution in [2.24, 2.45) is 0 Å². The Morgan fingerprint density at radius 2 is 1.88 bits per heavy atom. The molecule has 180 valence electrons. The first-order chi connectivity index (χ1) is 16.3. The fourth-order valence-electron chi connectivity index (χ4n) is 4.65. The van der Waals surface area contributed by atoms with E-state index in [4.69, 9.17) is 14.2 Å². The number of nitrogens with zero attached hydrogens (tertiary/aromatic N) is 3. The average molecular weight is 475 g/mol. The van der Waals surface area contributed by atoms with Crippen molar-refractivity contribution in [3.05, 3.63) is 53.9 Å². The topological polar surface area (TPSA) is 65.8 Å². The molecule has 1 atom stereocenters. The number of fused-ring (bicyclic) bond motifs is 2. The summed E-state index contributed by atoms with van der Waals surface area (Å²) < 4.78 is 58.2. The van der Waals surface area contributed by atoms with E-state index in [9.17, 15) is 18.0 Å². The number of aromatic nitrogens is 2. The molecule has 2 aliphatic rings. The largest absolute Gasteiger partial charge is 0.485 e. The van der Waals surface area contributed by atoms with E-state index in [2.05, 4.69) is 4.98 Å². The standard InChI is InChI=1S/C24H24F3N3O4/c1-32-14-22-28-17-12-15(24(25,26)27)6-7-18(17)30(22)16-8-10-29(11-9-16)23(31)21-13-33-19-4-2-3-5-20(19)34-21/h2-7,12,16,21H,8-11,13-14H2,1H3. The summed E-state index contributed by atoms with van der Waals surface area (Å²) in [7, 11) is 1.52. The summed E-state index contributed by atoms with van der Waals surface area (Å²) in [5.41, 5.74) is 0.183.